The van der Waals surface area contributed by atoms with Gasteiger partial charge in [0.1, 0.15) is 11.1 Å². The average Bonchev–Trinajstić information content (AvgIpc) is 2.85. The van der Waals surface area contributed by atoms with Gasteiger partial charge in [0.15, 0.2) is 0 Å². The van der Waals surface area contributed by atoms with Crippen LogP contribution in [-0.2, 0) is 0 Å². The van der Waals surface area contributed by atoms with Crippen LogP contribution in [0.2, 0.25) is 0 Å². The summed E-state index contributed by atoms with van der Waals surface area (Å²) in [4.78, 5) is 9.25. The Bertz CT molecular complexity index is 992. The first-order chi connectivity index (χ1) is 10.4. The molecule has 2 heterocycles. The second-order valence-electron chi connectivity index (χ2n) is 4.73. The van der Waals surface area contributed by atoms with Crippen LogP contribution >= 0.6 is 0 Å². The second-order valence-corrected chi connectivity index (χ2v) is 4.73. The smallest absolute Gasteiger partial charge is 0.246 e. The third-order valence-corrected chi connectivity index (χ3v) is 3.33. The van der Waals surface area contributed by atoms with Crippen LogP contribution in [0.25, 0.3) is 33.2 Å². The highest BCUT2D eigenvalue weighted by atomic mass is 16.3. The second kappa shape index (κ2) is 4.87. The molecule has 100 valence electrons. The molecule has 3 heteroatoms. The normalized spacial score (nSPS) is 10.9. The molecule has 3 nitrogen and oxygen atoms in total. The van der Waals surface area contributed by atoms with Gasteiger partial charge in [0.2, 0.25) is 5.71 Å². The van der Waals surface area contributed by atoms with Crippen LogP contribution in [-0.4, -0.2) is 9.97 Å². The molecule has 2 aromatic heterocycles. The summed E-state index contributed by atoms with van der Waals surface area (Å²) in [5.41, 5.74) is 3.85. The Morgan fingerprint density at radius 3 is 2.05 bits per heavy atom. The standard InChI is InChI=1S/C18H12N2O/c1-2-4-6-12-16-13(9-5-3-1)17-18(21-16)20-15-11-8-7-10-14(15)19-17/h1-12H. The minimum absolute atomic E-state index is 0.570. The Kier molecular flexibility index (Phi) is 2.75. The lowest BCUT2D eigenvalue weighted by molar-refractivity contribution is 0.655. The predicted octanol–water partition coefficient (Wildman–Crippen LogP) is 4.65. The van der Waals surface area contributed by atoms with E-state index in [9.17, 15) is 0 Å². The number of fused-ring (bicyclic) bond motifs is 4. The van der Waals surface area contributed by atoms with Gasteiger partial charge in [0.25, 0.3) is 0 Å². The van der Waals surface area contributed by atoms with E-state index in [0.29, 0.717) is 5.71 Å². The highest BCUT2D eigenvalue weighted by Gasteiger charge is 2.09. The molecule has 4 rings (SSSR count). The van der Waals surface area contributed by atoms with Gasteiger partial charge in [-0.3, -0.25) is 0 Å². The van der Waals surface area contributed by atoms with Crippen LogP contribution in [0.1, 0.15) is 0 Å². The van der Waals surface area contributed by atoms with Gasteiger partial charge in [-0.25, -0.2) is 9.97 Å². The maximum atomic E-state index is 5.86. The van der Waals surface area contributed by atoms with Crippen molar-refractivity contribution in [2.75, 3.05) is 0 Å². The fourth-order valence-corrected chi connectivity index (χ4v) is 2.34. The van der Waals surface area contributed by atoms with Gasteiger partial charge in [0.05, 0.1) is 11.0 Å². The van der Waals surface area contributed by atoms with Gasteiger partial charge in [-0.1, -0.05) is 48.5 Å². The Morgan fingerprint density at radius 2 is 1.24 bits per heavy atom. The number of aromatic nitrogens is 2. The molecule has 0 aliphatic heterocycles. The van der Waals surface area contributed by atoms with E-state index in [2.05, 4.69) is 4.98 Å². The molecule has 0 unspecified atom stereocenters. The van der Waals surface area contributed by atoms with Crippen molar-refractivity contribution in [3.8, 4) is 0 Å². The van der Waals surface area contributed by atoms with E-state index in [4.69, 9.17) is 9.40 Å². The fraction of sp³-hybridized carbons (Fsp3) is 0. The molecule has 0 saturated carbocycles. The Balaban J connectivity index is 2.19. The molecule has 2 aromatic carbocycles. The molecule has 0 atom stereocenters. The van der Waals surface area contributed by atoms with Gasteiger partial charge in [-0.05, 0) is 24.3 Å². The Hall–Kier alpha value is -2.94. The summed E-state index contributed by atoms with van der Waals surface area (Å²) >= 11 is 0. The molecule has 0 spiro atoms. The molecular formula is C18H12N2O. The monoisotopic (exact) mass is 272 g/mol. The van der Waals surface area contributed by atoms with E-state index in [1.165, 1.54) is 0 Å². The number of rotatable bonds is 0. The van der Waals surface area contributed by atoms with Crippen molar-refractivity contribution in [1.82, 2.24) is 9.97 Å². The first-order valence-corrected chi connectivity index (χ1v) is 6.79. The Morgan fingerprint density at radius 1 is 0.619 bits per heavy atom. The lowest BCUT2D eigenvalue weighted by atomic mass is 10.2. The summed E-state index contributed by atoms with van der Waals surface area (Å²) in [6, 6.07) is 23.6. The van der Waals surface area contributed by atoms with Gasteiger partial charge >= 0.3 is 0 Å². The zero-order valence-electron chi connectivity index (χ0n) is 11.2. The molecule has 0 aliphatic rings. The van der Waals surface area contributed by atoms with Crippen molar-refractivity contribution < 1.29 is 4.42 Å². The average molecular weight is 272 g/mol. The summed E-state index contributed by atoms with van der Waals surface area (Å²) in [5, 5.41) is 0.958. The predicted molar refractivity (Wildman–Crippen MR) is 84.4 cm³/mol. The van der Waals surface area contributed by atoms with E-state index in [1.54, 1.807) is 0 Å². The molecule has 0 N–H and O–H groups in total. The quantitative estimate of drug-likeness (QED) is 0.467. The van der Waals surface area contributed by atoms with Crippen LogP contribution in [0.3, 0.4) is 0 Å². The molecule has 0 radical (unpaired) electrons. The molecule has 4 aromatic rings. The highest BCUT2D eigenvalue weighted by Crippen LogP contribution is 2.26. The van der Waals surface area contributed by atoms with E-state index < -0.39 is 0 Å². The van der Waals surface area contributed by atoms with Gasteiger partial charge in [0, 0.05) is 5.39 Å². The summed E-state index contributed by atoms with van der Waals surface area (Å²) < 4.78 is 5.86. The zero-order chi connectivity index (χ0) is 14.1. The molecule has 0 saturated heterocycles. The van der Waals surface area contributed by atoms with Crippen LogP contribution in [0.5, 0.6) is 0 Å². The third kappa shape index (κ3) is 2.09. The van der Waals surface area contributed by atoms with E-state index in [0.717, 1.165) is 27.5 Å². The van der Waals surface area contributed by atoms with Crippen molar-refractivity contribution in [1.29, 1.82) is 0 Å². The molecule has 0 bridgehead atoms. The number of benzene rings is 1. The first kappa shape index (κ1) is 11.9. The van der Waals surface area contributed by atoms with Crippen molar-refractivity contribution in [2.24, 2.45) is 0 Å². The van der Waals surface area contributed by atoms with Crippen LogP contribution in [0, 0.1) is 0 Å². The fourth-order valence-electron chi connectivity index (χ4n) is 2.34. The Labute approximate surface area is 121 Å². The highest BCUT2D eigenvalue weighted by molar-refractivity contribution is 6.02. The number of para-hydroxylation sites is 2. The van der Waals surface area contributed by atoms with Crippen LogP contribution < -0.4 is 0 Å². The number of hydrogen-bond donors (Lipinski definition) is 0. The molecular weight excluding hydrogens is 260 g/mol. The van der Waals surface area contributed by atoms with Crippen molar-refractivity contribution in [3.63, 3.8) is 0 Å². The van der Waals surface area contributed by atoms with E-state index >= 15 is 0 Å². The lowest BCUT2D eigenvalue weighted by Gasteiger charge is -1.94. The molecule has 0 fully saturated rings. The third-order valence-electron chi connectivity index (χ3n) is 3.33. The summed E-state index contributed by atoms with van der Waals surface area (Å²) in [6.45, 7) is 0. The largest absolute Gasteiger partial charge is 0.436 e. The summed E-state index contributed by atoms with van der Waals surface area (Å²) in [6.07, 6.45) is 0. The molecule has 0 aliphatic carbocycles. The SMILES string of the molecule is c1ccccc2c(ccc1)oc1nc3ccccc3nc12. The number of hydrogen-bond acceptors (Lipinski definition) is 3. The van der Waals surface area contributed by atoms with Crippen LogP contribution in [0.4, 0.5) is 0 Å². The molecule has 0 amide bonds. The van der Waals surface area contributed by atoms with Crippen molar-refractivity contribution >= 4 is 33.2 Å². The van der Waals surface area contributed by atoms with Crippen molar-refractivity contribution in [3.05, 3.63) is 72.8 Å². The van der Waals surface area contributed by atoms with E-state index in [-0.39, 0.29) is 0 Å². The van der Waals surface area contributed by atoms with Gasteiger partial charge in [-0.15, -0.1) is 0 Å². The lowest BCUT2D eigenvalue weighted by Crippen LogP contribution is -1.83. The van der Waals surface area contributed by atoms with Gasteiger partial charge < -0.3 is 4.42 Å². The zero-order valence-corrected chi connectivity index (χ0v) is 11.2. The maximum absolute atomic E-state index is 5.86. The number of furan rings is 1. The number of nitrogens with zero attached hydrogens (tertiary/aromatic N) is 2. The van der Waals surface area contributed by atoms with Crippen LogP contribution in [0.15, 0.2) is 77.2 Å². The van der Waals surface area contributed by atoms with Gasteiger partial charge in [-0.2, -0.15) is 0 Å². The maximum Gasteiger partial charge on any atom is 0.246 e. The molecule has 21 heavy (non-hydrogen) atoms. The topological polar surface area (TPSA) is 38.9 Å². The van der Waals surface area contributed by atoms with Crippen molar-refractivity contribution in [2.45, 2.75) is 0 Å². The van der Waals surface area contributed by atoms with E-state index in [1.807, 2.05) is 72.8 Å². The minimum Gasteiger partial charge on any atom is -0.436 e. The minimum atomic E-state index is 0.570. The summed E-state index contributed by atoms with van der Waals surface area (Å²) in [7, 11) is 0. The first-order valence-electron chi connectivity index (χ1n) is 6.79. The summed E-state index contributed by atoms with van der Waals surface area (Å²) in [5.74, 6) is 0.